The summed E-state index contributed by atoms with van der Waals surface area (Å²) >= 11 is 0. The number of fused-ring (bicyclic) bond motifs is 1. The molecule has 0 fully saturated rings. The predicted octanol–water partition coefficient (Wildman–Crippen LogP) is 3.16. The third kappa shape index (κ3) is 3.00. The summed E-state index contributed by atoms with van der Waals surface area (Å²) in [6.07, 6.45) is 4.38. The molecule has 128 valence electrons. The van der Waals surface area contributed by atoms with Gasteiger partial charge in [0.15, 0.2) is 5.78 Å². The van der Waals surface area contributed by atoms with Crippen LogP contribution < -0.4 is 0 Å². The Labute approximate surface area is 140 Å². The van der Waals surface area contributed by atoms with Crippen LogP contribution in [0.1, 0.15) is 65.0 Å². The highest BCUT2D eigenvalue weighted by atomic mass is 16.5. The van der Waals surface area contributed by atoms with Crippen LogP contribution in [0.5, 0.6) is 0 Å². The number of ether oxygens (including phenoxy) is 1. The molecule has 0 radical (unpaired) electrons. The first-order valence-electron chi connectivity index (χ1n) is 8.14. The van der Waals surface area contributed by atoms with Gasteiger partial charge in [-0.3, -0.25) is 9.48 Å². The summed E-state index contributed by atoms with van der Waals surface area (Å²) in [5.41, 5.74) is 1.87. The number of rotatable bonds is 4. The van der Waals surface area contributed by atoms with Crippen molar-refractivity contribution in [1.29, 1.82) is 0 Å². The van der Waals surface area contributed by atoms with E-state index in [2.05, 4.69) is 18.9 Å². The van der Waals surface area contributed by atoms with Crippen molar-refractivity contribution in [2.24, 2.45) is 5.41 Å². The Hall–Kier alpha value is -2.37. The second kappa shape index (κ2) is 5.92. The maximum absolute atomic E-state index is 12.6. The van der Waals surface area contributed by atoms with Crippen molar-refractivity contribution >= 4 is 11.8 Å². The zero-order valence-electron chi connectivity index (χ0n) is 14.5. The first-order valence-corrected chi connectivity index (χ1v) is 8.14. The van der Waals surface area contributed by atoms with Gasteiger partial charge >= 0.3 is 5.97 Å². The second-order valence-electron chi connectivity index (χ2n) is 7.02. The van der Waals surface area contributed by atoms with Crippen LogP contribution in [0.4, 0.5) is 0 Å². The molecule has 6 heteroatoms. The molecule has 0 amide bonds. The van der Waals surface area contributed by atoms with E-state index in [0.29, 0.717) is 30.7 Å². The molecule has 0 bridgehead atoms. The monoisotopic (exact) mass is 330 g/mol. The van der Waals surface area contributed by atoms with Crippen molar-refractivity contribution in [2.45, 2.75) is 47.1 Å². The maximum atomic E-state index is 12.6. The Balaban J connectivity index is 1.88. The number of esters is 1. The molecule has 2 heterocycles. The largest absolute Gasteiger partial charge is 0.465 e. The van der Waals surface area contributed by atoms with Crippen LogP contribution in [-0.2, 0) is 17.7 Å². The summed E-state index contributed by atoms with van der Waals surface area (Å²) in [5.74, 6) is 1.22. The molecule has 0 aromatic carbocycles. The Morgan fingerprint density at radius 1 is 1.42 bits per heavy atom. The van der Waals surface area contributed by atoms with E-state index < -0.39 is 5.97 Å². The number of Topliss-reactive ketones (excluding diaryl/α,β-unsaturated/α-hetero) is 1. The maximum Gasteiger partial charge on any atom is 0.341 e. The fraction of sp³-hybridized carbons (Fsp3) is 0.500. The molecule has 0 saturated carbocycles. The van der Waals surface area contributed by atoms with Gasteiger partial charge in [0.05, 0.1) is 30.5 Å². The number of carbonyl (C=O) groups excluding carboxylic acids is 2. The van der Waals surface area contributed by atoms with Crippen LogP contribution in [0, 0.1) is 12.3 Å². The van der Waals surface area contributed by atoms with Crippen molar-refractivity contribution < 1.29 is 18.7 Å². The van der Waals surface area contributed by atoms with E-state index >= 15 is 0 Å². The molecule has 2 aromatic heterocycles. The van der Waals surface area contributed by atoms with Crippen LogP contribution >= 0.6 is 0 Å². The molecule has 0 N–H and O–H groups in total. The summed E-state index contributed by atoms with van der Waals surface area (Å²) < 4.78 is 12.5. The molecule has 2 aromatic rings. The first kappa shape index (κ1) is 16.5. The summed E-state index contributed by atoms with van der Waals surface area (Å²) in [7, 11) is 0. The van der Waals surface area contributed by atoms with Crippen LogP contribution in [0.25, 0.3) is 0 Å². The average Bonchev–Trinajstić information content (AvgIpc) is 3.04. The Morgan fingerprint density at radius 2 is 2.17 bits per heavy atom. The van der Waals surface area contributed by atoms with Crippen molar-refractivity contribution in [1.82, 2.24) is 9.78 Å². The topological polar surface area (TPSA) is 74.3 Å². The summed E-state index contributed by atoms with van der Waals surface area (Å²) in [4.78, 5) is 24.3. The lowest BCUT2D eigenvalue weighted by molar-refractivity contribution is 0.0526. The Kier molecular flexibility index (Phi) is 4.07. The predicted molar refractivity (Wildman–Crippen MR) is 87.2 cm³/mol. The molecule has 0 aliphatic heterocycles. The molecular formula is C18H22N2O4. The zero-order valence-corrected chi connectivity index (χ0v) is 14.5. The standard InChI is InChI=1S/C18H22N2O4/c1-5-23-17(22)12-8-19-20(9-12)10-13-11(2)24-15-7-18(3,4)6-14(21)16(13)15/h8-9H,5-7,10H2,1-4H3. The van der Waals surface area contributed by atoms with Crippen LogP contribution in [0.3, 0.4) is 0 Å². The van der Waals surface area contributed by atoms with Crippen molar-refractivity contribution in [2.75, 3.05) is 6.61 Å². The van der Waals surface area contributed by atoms with Gasteiger partial charge in [-0.1, -0.05) is 13.8 Å². The first-order chi connectivity index (χ1) is 11.3. The fourth-order valence-corrected chi connectivity index (χ4v) is 3.23. The van der Waals surface area contributed by atoms with Gasteiger partial charge < -0.3 is 9.15 Å². The summed E-state index contributed by atoms with van der Waals surface area (Å²) in [6, 6.07) is 0. The van der Waals surface area contributed by atoms with Gasteiger partial charge in [0.25, 0.3) is 0 Å². The van der Waals surface area contributed by atoms with Gasteiger partial charge in [0.2, 0.25) is 0 Å². The molecular weight excluding hydrogens is 308 g/mol. The lowest BCUT2D eigenvalue weighted by Crippen LogP contribution is -2.26. The van der Waals surface area contributed by atoms with Gasteiger partial charge in [-0.15, -0.1) is 0 Å². The fourth-order valence-electron chi connectivity index (χ4n) is 3.23. The quantitative estimate of drug-likeness (QED) is 0.805. The van der Waals surface area contributed by atoms with Crippen molar-refractivity contribution in [3.63, 3.8) is 0 Å². The molecule has 1 aliphatic rings. The molecule has 0 saturated heterocycles. The van der Waals surface area contributed by atoms with Gasteiger partial charge in [-0.25, -0.2) is 4.79 Å². The normalized spacial score (nSPS) is 16.1. The molecule has 0 unspecified atom stereocenters. The number of nitrogens with zero attached hydrogens (tertiary/aromatic N) is 2. The third-order valence-electron chi connectivity index (χ3n) is 4.30. The number of carbonyl (C=O) groups is 2. The molecule has 3 rings (SSSR count). The number of ketones is 1. The molecule has 0 atom stereocenters. The van der Waals surface area contributed by atoms with E-state index in [1.165, 1.54) is 6.20 Å². The molecule has 6 nitrogen and oxygen atoms in total. The smallest absolute Gasteiger partial charge is 0.341 e. The second-order valence-corrected chi connectivity index (χ2v) is 7.02. The highest BCUT2D eigenvalue weighted by Gasteiger charge is 2.36. The number of furan rings is 1. The minimum atomic E-state index is -0.396. The third-order valence-corrected chi connectivity index (χ3v) is 4.30. The van der Waals surface area contributed by atoms with Crippen LogP contribution in [0.2, 0.25) is 0 Å². The number of aryl methyl sites for hydroxylation is 1. The lowest BCUT2D eigenvalue weighted by atomic mass is 9.76. The number of hydrogen-bond acceptors (Lipinski definition) is 5. The number of aromatic nitrogens is 2. The minimum Gasteiger partial charge on any atom is -0.465 e. The van der Waals surface area contributed by atoms with E-state index in [4.69, 9.17) is 9.15 Å². The average molecular weight is 330 g/mol. The minimum absolute atomic E-state index is 0.0750. The summed E-state index contributed by atoms with van der Waals surface area (Å²) in [5, 5.41) is 4.20. The SMILES string of the molecule is CCOC(=O)c1cnn(Cc2c(C)oc3c2C(=O)CC(C)(C)C3)c1. The highest BCUT2D eigenvalue weighted by molar-refractivity contribution is 6.00. The zero-order chi connectivity index (χ0) is 17.5. The van der Waals surface area contributed by atoms with E-state index in [9.17, 15) is 9.59 Å². The van der Waals surface area contributed by atoms with E-state index in [1.54, 1.807) is 17.8 Å². The van der Waals surface area contributed by atoms with Crippen LogP contribution in [0.15, 0.2) is 16.8 Å². The lowest BCUT2D eigenvalue weighted by Gasteiger charge is -2.27. The highest BCUT2D eigenvalue weighted by Crippen LogP contribution is 2.38. The van der Waals surface area contributed by atoms with E-state index in [1.807, 2.05) is 6.92 Å². The Bertz CT molecular complexity index is 798. The van der Waals surface area contributed by atoms with E-state index in [0.717, 1.165) is 23.5 Å². The van der Waals surface area contributed by atoms with Crippen molar-refractivity contribution in [3.05, 3.63) is 40.6 Å². The summed E-state index contributed by atoms with van der Waals surface area (Å²) in [6.45, 7) is 8.49. The van der Waals surface area contributed by atoms with Gasteiger partial charge in [-0.2, -0.15) is 5.10 Å². The van der Waals surface area contributed by atoms with Gasteiger partial charge in [0.1, 0.15) is 11.5 Å². The molecule has 24 heavy (non-hydrogen) atoms. The van der Waals surface area contributed by atoms with E-state index in [-0.39, 0.29) is 11.2 Å². The number of hydrogen-bond donors (Lipinski definition) is 0. The molecule has 0 spiro atoms. The van der Waals surface area contributed by atoms with Gasteiger partial charge in [-0.05, 0) is 19.3 Å². The Morgan fingerprint density at radius 3 is 2.88 bits per heavy atom. The van der Waals surface area contributed by atoms with Crippen LogP contribution in [-0.4, -0.2) is 28.1 Å². The van der Waals surface area contributed by atoms with Gasteiger partial charge in [0, 0.05) is 24.6 Å². The molecule has 1 aliphatic carbocycles. The van der Waals surface area contributed by atoms with Crippen molar-refractivity contribution in [3.8, 4) is 0 Å².